The van der Waals surface area contributed by atoms with Gasteiger partial charge in [-0.2, -0.15) is 0 Å². The predicted octanol–water partition coefficient (Wildman–Crippen LogP) is 3.21. The summed E-state index contributed by atoms with van der Waals surface area (Å²) in [6, 6.07) is 10.3. The number of fused-ring (bicyclic) bond motifs is 1. The monoisotopic (exact) mass is 451 g/mol. The zero-order valence-electron chi connectivity index (χ0n) is 19.6. The van der Waals surface area contributed by atoms with Crippen LogP contribution < -0.4 is 15.7 Å². The summed E-state index contributed by atoms with van der Waals surface area (Å²) < 4.78 is 0. The van der Waals surface area contributed by atoms with E-state index in [0.717, 1.165) is 61.5 Å². The second-order valence-corrected chi connectivity index (χ2v) is 9.64. The SMILES string of the molecule is CC(C)N1CCC(C)(C(=O)Nc2cccc(N3CCc4cc(C(=O)NO)cnc4C3)c2)CC1. The number of pyridine rings is 1. The van der Waals surface area contributed by atoms with Gasteiger partial charge in [-0.15, -0.1) is 0 Å². The van der Waals surface area contributed by atoms with Gasteiger partial charge in [-0.1, -0.05) is 13.0 Å². The van der Waals surface area contributed by atoms with Gasteiger partial charge < -0.3 is 15.1 Å². The van der Waals surface area contributed by atoms with E-state index in [1.807, 2.05) is 24.3 Å². The number of benzene rings is 1. The van der Waals surface area contributed by atoms with Crippen molar-refractivity contribution in [2.24, 2.45) is 5.41 Å². The van der Waals surface area contributed by atoms with Crippen molar-refractivity contribution < 1.29 is 14.8 Å². The Morgan fingerprint density at radius 2 is 1.91 bits per heavy atom. The van der Waals surface area contributed by atoms with E-state index in [0.29, 0.717) is 18.2 Å². The van der Waals surface area contributed by atoms with E-state index < -0.39 is 5.91 Å². The van der Waals surface area contributed by atoms with Crippen molar-refractivity contribution >= 4 is 23.2 Å². The molecule has 3 N–H and O–H groups in total. The second-order valence-electron chi connectivity index (χ2n) is 9.64. The number of hydroxylamine groups is 1. The molecular weight excluding hydrogens is 418 g/mol. The molecule has 8 heteroatoms. The highest BCUT2D eigenvalue weighted by atomic mass is 16.5. The van der Waals surface area contributed by atoms with Gasteiger partial charge in [0, 0.05) is 35.6 Å². The molecule has 4 rings (SSSR count). The van der Waals surface area contributed by atoms with Crippen LogP contribution in [0.2, 0.25) is 0 Å². The Morgan fingerprint density at radius 3 is 2.61 bits per heavy atom. The maximum Gasteiger partial charge on any atom is 0.276 e. The average Bonchev–Trinajstić information content (AvgIpc) is 2.83. The van der Waals surface area contributed by atoms with Gasteiger partial charge in [0.1, 0.15) is 0 Å². The minimum absolute atomic E-state index is 0.0865. The van der Waals surface area contributed by atoms with Gasteiger partial charge in [0.15, 0.2) is 0 Å². The summed E-state index contributed by atoms with van der Waals surface area (Å²) in [6.45, 7) is 9.77. The molecule has 2 aliphatic rings. The number of carbonyl (C=O) groups excluding carboxylic acids is 2. The molecule has 2 amide bonds. The van der Waals surface area contributed by atoms with Crippen LogP contribution in [-0.4, -0.2) is 52.6 Å². The molecule has 2 aromatic rings. The molecule has 2 aliphatic heterocycles. The van der Waals surface area contributed by atoms with E-state index >= 15 is 0 Å². The highest BCUT2D eigenvalue weighted by Gasteiger charge is 2.37. The minimum Gasteiger partial charge on any atom is -0.365 e. The Hall–Kier alpha value is -2.97. The largest absolute Gasteiger partial charge is 0.365 e. The molecule has 0 aliphatic carbocycles. The fourth-order valence-corrected chi connectivity index (χ4v) is 4.65. The highest BCUT2D eigenvalue weighted by molar-refractivity contribution is 5.95. The molecule has 0 radical (unpaired) electrons. The minimum atomic E-state index is -0.556. The third-order valence-corrected chi connectivity index (χ3v) is 7.06. The fourth-order valence-electron chi connectivity index (χ4n) is 4.65. The number of hydrogen-bond acceptors (Lipinski definition) is 6. The van der Waals surface area contributed by atoms with Gasteiger partial charge in [-0.3, -0.25) is 19.8 Å². The first-order valence-electron chi connectivity index (χ1n) is 11.6. The van der Waals surface area contributed by atoms with Crippen molar-refractivity contribution in [1.82, 2.24) is 15.4 Å². The van der Waals surface area contributed by atoms with E-state index in [9.17, 15) is 9.59 Å². The van der Waals surface area contributed by atoms with Gasteiger partial charge in [0.05, 0.1) is 17.8 Å². The quantitative estimate of drug-likeness (QED) is 0.477. The molecule has 3 heterocycles. The molecule has 33 heavy (non-hydrogen) atoms. The number of hydrogen-bond donors (Lipinski definition) is 3. The van der Waals surface area contributed by atoms with Crippen molar-refractivity contribution in [3.8, 4) is 0 Å². The summed E-state index contributed by atoms with van der Waals surface area (Å²) in [4.78, 5) is 33.9. The Bertz CT molecular complexity index is 1030. The van der Waals surface area contributed by atoms with Crippen LogP contribution in [0.5, 0.6) is 0 Å². The Balaban J connectivity index is 1.42. The first-order valence-corrected chi connectivity index (χ1v) is 11.6. The molecule has 1 saturated heterocycles. The lowest BCUT2D eigenvalue weighted by Gasteiger charge is -2.40. The third-order valence-electron chi connectivity index (χ3n) is 7.06. The van der Waals surface area contributed by atoms with Crippen LogP contribution in [0.1, 0.15) is 55.2 Å². The first-order chi connectivity index (χ1) is 15.8. The highest BCUT2D eigenvalue weighted by Crippen LogP contribution is 2.34. The molecule has 8 nitrogen and oxygen atoms in total. The van der Waals surface area contributed by atoms with E-state index in [1.165, 1.54) is 6.20 Å². The number of carbonyl (C=O) groups is 2. The lowest BCUT2D eigenvalue weighted by Crippen LogP contribution is -2.47. The zero-order chi connectivity index (χ0) is 23.6. The van der Waals surface area contributed by atoms with Crippen LogP contribution in [-0.2, 0) is 17.8 Å². The number of rotatable bonds is 5. The topological polar surface area (TPSA) is 97.8 Å². The number of nitrogens with zero attached hydrogens (tertiary/aromatic N) is 3. The summed E-state index contributed by atoms with van der Waals surface area (Å²) >= 11 is 0. The molecule has 0 unspecified atom stereocenters. The van der Waals surface area contributed by atoms with Gasteiger partial charge in [0.2, 0.25) is 5.91 Å². The van der Waals surface area contributed by atoms with Crippen molar-refractivity contribution in [3.05, 3.63) is 53.3 Å². The Morgan fingerprint density at radius 1 is 1.15 bits per heavy atom. The smallest absolute Gasteiger partial charge is 0.276 e. The maximum atomic E-state index is 13.1. The van der Waals surface area contributed by atoms with Gasteiger partial charge in [-0.25, -0.2) is 5.48 Å². The molecule has 1 aromatic carbocycles. The summed E-state index contributed by atoms with van der Waals surface area (Å²) in [5, 5.41) is 12.0. The molecule has 0 atom stereocenters. The van der Waals surface area contributed by atoms with Crippen molar-refractivity contribution in [2.45, 2.75) is 52.6 Å². The molecule has 1 fully saturated rings. The van der Waals surface area contributed by atoms with Crippen LogP contribution in [0.3, 0.4) is 0 Å². The number of amides is 2. The normalized spacial score (nSPS) is 18.0. The maximum absolute atomic E-state index is 13.1. The number of anilines is 2. The number of nitrogens with one attached hydrogen (secondary N) is 2. The van der Waals surface area contributed by atoms with Crippen molar-refractivity contribution in [3.63, 3.8) is 0 Å². The molecular formula is C25H33N5O3. The van der Waals surface area contributed by atoms with E-state index in [2.05, 4.69) is 40.9 Å². The van der Waals surface area contributed by atoms with Crippen LogP contribution in [0.15, 0.2) is 36.5 Å². The summed E-state index contributed by atoms with van der Waals surface area (Å²) in [5.74, 6) is -0.469. The number of piperidine rings is 1. The lowest BCUT2D eigenvalue weighted by molar-refractivity contribution is -0.127. The van der Waals surface area contributed by atoms with Crippen LogP contribution in [0.4, 0.5) is 11.4 Å². The average molecular weight is 452 g/mol. The first kappa shape index (κ1) is 23.2. The Labute approximate surface area is 194 Å². The number of likely N-dealkylation sites (tertiary alicyclic amines) is 1. The second kappa shape index (κ2) is 9.49. The summed E-state index contributed by atoms with van der Waals surface area (Å²) in [7, 11) is 0. The lowest BCUT2D eigenvalue weighted by atomic mass is 9.79. The fraction of sp³-hybridized carbons (Fsp3) is 0.480. The zero-order valence-corrected chi connectivity index (χ0v) is 19.6. The Kier molecular flexibility index (Phi) is 6.67. The molecule has 1 aromatic heterocycles. The van der Waals surface area contributed by atoms with Crippen LogP contribution >= 0.6 is 0 Å². The number of aromatic nitrogens is 1. The van der Waals surface area contributed by atoms with E-state index in [4.69, 9.17) is 5.21 Å². The molecule has 176 valence electrons. The molecule has 0 bridgehead atoms. The van der Waals surface area contributed by atoms with Crippen molar-refractivity contribution in [1.29, 1.82) is 0 Å². The summed E-state index contributed by atoms with van der Waals surface area (Å²) in [6.07, 6.45) is 3.95. The van der Waals surface area contributed by atoms with E-state index in [-0.39, 0.29) is 11.3 Å². The molecule has 0 spiro atoms. The predicted molar refractivity (Wildman–Crippen MR) is 127 cm³/mol. The van der Waals surface area contributed by atoms with Crippen LogP contribution in [0.25, 0.3) is 0 Å². The van der Waals surface area contributed by atoms with Crippen molar-refractivity contribution in [2.75, 3.05) is 29.9 Å². The van der Waals surface area contributed by atoms with Crippen LogP contribution in [0, 0.1) is 5.41 Å². The van der Waals surface area contributed by atoms with Gasteiger partial charge in [-0.05, 0) is 76.0 Å². The molecule has 0 saturated carbocycles. The van der Waals surface area contributed by atoms with Gasteiger partial charge >= 0.3 is 0 Å². The third kappa shape index (κ3) is 5.02. The summed E-state index contributed by atoms with van der Waals surface area (Å²) in [5.41, 5.74) is 5.40. The standard InChI is InChI=1S/C25H33N5O3/c1-17(2)29-11-8-25(3,9-12-29)24(32)27-20-5-4-6-21(14-20)30-10-7-18-13-19(23(31)28-33)15-26-22(18)16-30/h4-6,13-15,17,33H,7-12,16H2,1-3H3,(H,27,32)(H,28,31). The van der Waals surface area contributed by atoms with E-state index in [1.54, 1.807) is 11.5 Å². The van der Waals surface area contributed by atoms with Gasteiger partial charge in [0.25, 0.3) is 5.91 Å².